The van der Waals surface area contributed by atoms with Crippen LogP contribution in [0.15, 0.2) is 23.8 Å². The van der Waals surface area contributed by atoms with Gasteiger partial charge in [-0.05, 0) is 6.08 Å². The lowest BCUT2D eigenvalue weighted by Gasteiger charge is -2.14. The number of hydrogen-bond acceptors (Lipinski definition) is 0. The van der Waals surface area contributed by atoms with Crippen LogP contribution in [0.1, 0.15) is 6.92 Å². The minimum atomic E-state index is -1.52. The molecule has 56 valence electrons. The monoisotopic (exact) mass is 148 g/mol. The summed E-state index contributed by atoms with van der Waals surface area (Å²) < 4.78 is 37.1. The van der Waals surface area contributed by atoms with E-state index in [9.17, 15) is 13.2 Å². The van der Waals surface area contributed by atoms with Gasteiger partial charge in [0.2, 0.25) is 0 Å². The Balaban J connectivity index is 2.85. The second-order valence-electron chi connectivity index (χ2n) is 2.31. The molecule has 0 radical (unpaired) electrons. The number of hydrogen-bond donors (Lipinski definition) is 0. The third-order valence-corrected chi connectivity index (χ3v) is 1.51. The van der Waals surface area contributed by atoms with Gasteiger partial charge in [0.05, 0.1) is 0 Å². The SMILES string of the molecule is CC1C(F)=CC(F)=CC1F. The van der Waals surface area contributed by atoms with E-state index in [0.717, 1.165) is 6.08 Å². The molecule has 0 spiro atoms. The van der Waals surface area contributed by atoms with Gasteiger partial charge in [-0.3, -0.25) is 0 Å². The zero-order valence-electron chi connectivity index (χ0n) is 5.44. The number of rotatable bonds is 0. The van der Waals surface area contributed by atoms with E-state index in [4.69, 9.17) is 0 Å². The highest BCUT2D eigenvalue weighted by Gasteiger charge is 2.23. The van der Waals surface area contributed by atoms with Crippen LogP contribution >= 0.6 is 0 Å². The molecule has 0 nitrogen and oxygen atoms in total. The van der Waals surface area contributed by atoms with Crippen molar-refractivity contribution in [2.24, 2.45) is 5.92 Å². The molecule has 0 aromatic heterocycles. The molecule has 1 aliphatic rings. The lowest BCUT2D eigenvalue weighted by molar-refractivity contribution is 0.284. The average Bonchev–Trinajstić information content (AvgIpc) is 1.82. The fourth-order valence-corrected chi connectivity index (χ4v) is 0.760. The lowest BCUT2D eigenvalue weighted by Crippen LogP contribution is -2.13. The summed E-state index contributed by atoms with van der Waals surface area (Å²) in [5, 5.41) is 0. The van der Waals surface area contributed by atoms with Gasteiger partial charge in [-0.1, -0.05) is 6.92 Å². The highest BCUT2D eigenvalue weighted by Crippen LogP contribution is 2.27. The van der Waals surface area contributed by atoms with E-state index in [0.29, 0.717) is 6.08 Å². The molecule has 0 saturated heterocycles. The summed E-state index contributed by atoms with van der Waals surface area (Å²) >= 11 is 0. The summed E-state index contributed by atoms with van der Waals surface area (Å²) in [5.41, 5.74) is 0. The average molecular weight is 148 g/mol. The molecule has 2 unspecified atom stereocenters. The highest BCUT2D eigenvalue weighted by molar-refractivity contribution is 5.23. The maximum absolute atomic E-state index is 12.5. The Morgan fingerprint density at radius 1 is 1.40 bits per heavy atom. The van der Waals surface area contributed by atoms with Crippen molar-refractivity contribution in [1.82, 2.24) is 0 Å². The van der Waals surface area contributed by atoms with Crippen molar-refractivity contribution in [3.8, 4) is 0 Å². The minimum absolute atomic E-state index is 0.709. The van der Waals surface area contributed by atoms with Crippen LogP contribution in [0.5, 0.6) is 0 Å². The molecule has 10 heavy (non-hydrogen) atoms. The molecule has 0 aromatic carbocycles. The molecule has 0 N–H and O–H groups in total. The number of halogens is 3. The third kappa shape index (κ3) is 1.23. The van der Waals surface area contributed by atoms with Crippen molar-refractivity contribution in [3.63, 3.8) is 0 Å². The van der Waals surface area contributed by atoms with Gasteiger partial charge in [0.15, 0.2) is 0 Å². The molecular weight excluding hydrogens is 141 g/mol. The third-order valence-electron chi connectivity index (χ3n) is 1.51. The predicted octanol–water partition coefficient (Wildman–Crippen LogP) is 2.68. The van der Waals surface area contributed by atoms with Gasteiger partial charge in [0.1, 0.15) is 17.8 Å². The Labute approximate surface area is 57.0 Å². The van der Waals surface area contributed by atoms with E-state index in [2.05, 4.69) is 0 Å². The van der Waals surface area contributed by atoms with E-state index in [-0.39, 0.29) is 0 Å². The first-order valence-corrected chi connectivity index (χ1v) is 2.99. The van der Waals surface area contributed by atoms with Crippen LogP contribution in [-0.4, -0.2) is 6.17 Å². The standard InChI is InChI=1S/C7H7F3/c1-4-6(9)2-5(8)3-7(4)10/h2-4,6H,1H3. The summed E-state index contributed by atoms with van der Waals surface area (Å²) in [6, 6.07) is 0. The van der Waals surface area contributed by atoms with E-state index in [1.165, 1.54) is 6.92 Å². The van der Waals surface area contributed by atoms with Gasteiger partial charge in [-0.25, -0.2) is 13.2 Å². The summed E-state index contributed by atoms with van der Waals surface area (Å²) in [5.74, 6) is -2.39. The van der Waals surface area contributed by atoms with E-state index >= 15 is 0 Å². The molecular formula is C7H7F3. The number of alkyl halides is 1. The van der Waals surface area contributed by atoms with Gasteiger partial charge in [0.25, 0.3) is 0 Å². The smallest absolute Gasteiger partial charge is 0.130 e. The van der Waals surface area contributed by atoms with Crippen LogP contribution in [0.2, 0.25) is 0 Å². The van der Waals surface area contributed by atoms with E-state index in [1.54, 1.807) is 0 Å². The molecule has 0 fully saturated rings. The van der Waals surface area contributed by atoms with Crippen molar-refractivity contribution < 1.29 is 13.2 Å². The summed E-state index contributed by atoms with van der Waals surface area (Å²) in [6.45, 7) is 1.37. The number of allylic oxidation sites excluding steroid dienone is 4. The normalized spacial score (nSPS) is 33.2. The summed E-state index contributed by atoms with van der Waals surface area (Å²) in [6.07, 6.45) is -0.0425. The molecule has 1 rings (SSSR count). The molecule has 3 heteroatoms. The molecule has 0 aliphatic heterocycles. The van der Waals surface area contributed by atoms with Crippen LogP contribution in [-0.2, 0) is 0 Å². The lowest BCUT2D eigenvalue weighted by atomic mass is 9.99. The van der Waals surface area contributed by atoms with Crippen LogP contribution in [0.3, 0.4) is 0 Å². The fraction of sp³-hybridized carbons (Fsp3) is 0.429. The maximum Gasteiger partial charge on any atom is 0.130 e. The van der Waals surface area contributed by atoms with Crippen molar-refractivity contribution in [2.75, 3.05) is 0 Å². The highest BCUT2D eigenvalue weighted by atomic mass is 19.2. The minimum Gasteiger partial charge on any atom is -0.242 e. The van der Waals surface area contributed by atoms with Crippen molar-refractivity contribution in [1.29, 1.82) is 0 Å². The largest absolute Gasteiger partial charge is 0.242 e. The first kappa shape index (κ1) is 7.38. The zero-order valence-corrected chi connectivity index (χ0v) is 5.44. The molecule has 0 saturated carbocycles. The maximum atomic E-state index is 12.5. The first-order chi connectivity index (χ1) is 4.61. The Morgan fingerprint density at radius 2 is 2.00 bits per heavy atom. The van der Waals surface area contributed by atoms with Gasteiger partial charge in [-0.15, -0.1) is 0 Å². The Bertz CT molecular complexity index is 193. The molecule has 1 aliphatic carbocycles. The zero-order chi connectivity index (χ0) is 7.72. The van der Waals surface area contributed by atoms with Crippen molar-refractivity contribution in [2.45, 2.75) is 13.1 Å². The second-order valence-corrected chi connectivity index (χ2v) is 2.31. The Hall–Kier alpha value is -0.730. The molecule has 0 heterocycles. The van der Waals surface area contributed by atoms with Crippen molar-refractivity contribution in [3.05, 3.63) is 23.8 Å². The molecule has 0 aromatic rings. The van der Waals surface area contributed by atoms with Crippen LogP contribution in [0, 0.1) is 5.92 Å². The van der Waals surface area contributed by atoms with E-state index < -0.39 is 23.7 Å². The van der Waals surface area contributed by atoms with Crippen molar-refractivity contribution >= 4 is 0 Å². The van der Waals surface area contributed by atoms with Gasteiger partial charge in [0, 0.05) is 12.0 Å². The Kier molecular flexibility index (Phi) is 1.83. The molecule has 2 atom stereocenters. The van der Waals surface area contributed by atoms with Gasteiger partial charge in [-0.2, -0.15) is 0 Å². The summed E-state index contributed by atoms with van der Waals surface area (Å²) in [7, 11) is 0. The van der Waals surface area contributed by atoms with Crippen LogP contribution in [0.25, 0.3) is 0 Å². The topological polar surface area (TPSA) is 0 Å². The summed E-state index contributed by atoms with van der Waals surface area (Å²) in [4.78, 5) is 0. The quantitative estimate of drug-likeness (QED) is 0.495. The fourth-order valence-electron chi connectivity index (χ4n) is 0.760. The first-order valence-electron chi connectivity index (χ1n) is 2.99. The molecule has 0 amide bonds. The van der Waals surface area contributed by atoms with Crippen LogP contribution < -0.4 is 0 Å². The molecule has 0 bridgehead atoms. The Morgan fingerprint density at radius 3 is 2.50 bits per heavy atom. The van der Waals surface area contributed by atoms with E-state index in [1.807, 2.05) is 0 Å². The second kappa shape index (κ2) is 2.48. The predicted molar refractivity (Wildman–Crippen MR) is 32.4 cm³/mol. The van der Waals surface area contributed by atoms with Crippen LogP contribution in [0.4, 0.5) is 13.2 Å². The van der Waals surface area contributed by atoms with Gasteiger partial charge < -0.3 is 0 Å². The van der Waals surface area contributed by atoms with Gasteiger partial charge >= 0.3 is 0 Å².